The monoisotopic (exact) mass is 347 g/mol. The molecule has 0 spiro atoms. The number of nitrogens with zero attached hydrogens (tertiary/aromatic N) is 1. The van der Waals surface area contributed by atoms with Crippen LogP contribution in [-0.2, 0) is 9.53 Å². The number of halogens is 2. The Labute approximate surface area is 141 Å². The van der Waals surface area contributed by atoms with Crippen LogP contribution in [0.1, 0.15) is 65.7 Å². The molecule has 1 N–H and O–H groups in total. The molecule has 1 saturated heterocycles. The molecule has 1 unspecified atom stereocenters. The summed E-state index contributed by atoms with van der Waals surface area (Å²) in [6, 6.07) is -0.588. The lowest BCUT2D eigenvalue weighted by atomic mass is 9.65. The van der Waals surface area contributed by atoms with Crippen molar-refractivity contribution in [1.82, 2.24) is 4.90 Å². The molecule has 2 aliphatic rings. The first-order valence-electron chi connectivity index (χ1n) is 8.58. The smallest absolute Gasteiger partial charge is 0.410 e. The average molecular weight is 347 g/mol. The third-order valence-electron chi connectivity index (χ3n) is 5.07. The van der Waals surface area contributed by atoms with E-state index in [2.05, 4.69) is 0 Å². The van der Waals surface area contributed by atoms with Crippen LogP contribution in [0.15, 0.2) is 0 Å². The van der Waals surface area contributed by atoms with Crippen molar-refractivity contribution < 1.29 is 28.2 Å². The second-order valence-corrected chi connectivity index (χ2v) is 8.00. The summed E-state index contributed by atoms with van der Waals surface area (Å²) in [7, 11) is 0. The van der Waals surface area contributed by atoms with Crippen LogP contribution in [0.4, 0.5) is 13.6 Å². The highest BCUT2D eigenvalue weighted by molar-refractivity contribution is 5.78. The SMILES string of the molecule is CC(C)(C)OC(=O)N1CCCCC1C1(C(=O)O)CCC(F)(F)CC1. The number of alkyl halides is 2. The molecular weight excluding hydrogens is 320 g/mol. The Morgan fingerprint density at radius 2 is 1.71 bits per heavy atom. The molecule has 5 nitrogen and oxygen atoms in total. The fourth-order valence-electron chi connectivity index (χ4n) is 3.80. The minimum Gasteiger partial charge on any atom is -0.481 e. The third kappa shape index (κ3) is 3.98. The highest BCUT2D eigenvalue weighted by Crippen LogP contribution is 2.49. The number of piperidine rings is 1. The summed E-state index contributed by atoms with van der Waals surface area (Å²) in [6.45, 7) is 5.65. The van der Waals surface area contributed by atoms with E-state index in [0.29, 0.717) is 13.0 Å². The maximum Gasteiger partial charge on any atom is 0.410 e. The number of rotatable bonds is 2. The van der Waals surface area contributed by atoms with Gasteiger partial charge in [-0.05, 0) is 52.9 Å². The van der Waals surface area contributed by atoms with Crippen LogP contribution >= 0.6 is 0 Å². The van der Waals surface area contributed by atoms with Crippen molar-refractivity contribution in [2.75, 3.05) is 6.54 Å². The molecular formula is C17H27F2NO4. The van der Waals surface area contributed by atoms with Crippen molar-refractivity contribution in [2.24, 2.45) is 5.41 Å². The minimum absolute atomic E-state index is 0.112. The van der Waals surface area contributed by atoms with E-state index >= 15 is 0 Å². The van der Waals surface area contributed by atoms with Crippen LogP contribution < -0.4 is 0 Å². The number of hydrogen-bond acceptors (Lipinski definition) is 3. The number of likely N-dealkylation sites (tertiary alicyclic amines) is 1. The van der Waals surface area contributed by atoms with Crippen LogP contribution in [0.25, 0.3) is 0 Å². The second-order valence-electron chi connectivity index (χ2n) is 8.00. The van der Waals surface area contributed by atoms with E-state index in [1.54, 1.807) is 20.8 Å². The topological polar surface area (TPSA) is 66.8 Å². The number of carboxylic acid groups (broad SMARTS) is 1. The van der Waals surface area contributed by atoms with Gasteiger partial charge in [-0.15, -0.1) is 0 Å². The van der Waals surface area contributed by atoms with Gasteiger partial charge in [0.2, 0.25) is 5.92 Å². The molecule has 1 atom stereocenters. The van der Waals surface area contributed by atoms with Crippen molar-refractivity contribution in [3.63, 3.8) is 0 Å². The van der Waals surface area contributed by atoms with Crippen LogP contribution in [-0.4, -0.2) is 46.2 Å². The summed E-state index contributed by atoms with van der Waals surface area (Å²) < 4.78 is 32.5. The average Bonchev–Trinajstić information content (AvgIpc) is 2.45. The lowest BCUT2D eigenvalue weighted by Gasteiger charge is -2.48. The van der Waals surface area contributed by atoms with E-state index in [1.807, 2.05) is 0 Å². The van der Waals surface area contributed by atoms with Crippen LogP contribution in [0, 0.1) is 5.41 Å². The number of aliphatic carboxylic acids is 1. The van der Waals surface area contributed by atoms with Gasteiger partial charge in [0.05, 0.1) is 11.5 Å². The van der Waals surface area contributed by atoms with Crippen molar-refractivity contribution in [3.8, 4) is 0 Å². The van der Waals surface area contributed by atoms with Gasteiger partial charge in [0, 0.05) is 19.4 Å². The Bertz CT molecular complexity index is 491. The summed E-state index contributed by atoms with van der Waals surface area (Å²) in [5.74, 6) is -3.90. The lowest BCUT2D eigenvalue weighted by Crippen LogP contribution is -2.58. The van der Waals surface area contributed by atoms with Gasteiger partial charge in [-0.1, -0.05) is 0 Å². The van der Waals surface area contributed by atoms with E-state index in [1.165, 1.54) is 4.90 Å². The minimum atomic E-state index is -2.82. The van der Waals surface area contributed by atoms with Crippen LogP contribution in [0.2, 0.25) is 0 Å². The molecule has 0 radical (unpaired) electrons. The molecule has 0 aromatic heterocycles. The highest BCUT2D eigenvalue weighted by Gasteiger charge is 2.55. The molecule has 2 rings (SSSR count). The number of amides is 1. The molecule has 2 fully saturated rings. The summed E-state index contributed by atoms with van der Waals surface area (Å²) in [5.41, 5.74) is -1.99. The number of ether oxygens (including phenoxy) is 1. The van der Waals surface area contributed by atoms with Crippen LogP contribution in [0.5, 0.6) is 0 Å². The fraction of sp³-hybridized carbons (Fsp3) is 0.882. The summed E-state index contributed by atoms with van der Waals surface area (Å²) >= 11 is 0. The molecule has 0 aromatic rings. The van der Waals surface area contributed by atoms with E-state index < -0.39 is 47.9 Å². The van der Waals surface area contributed by atoms with Crippen molar-refractivity contribution in [3.05, 3.63) is 0 Å². The number of carbonyl (C=O) groups excluding carboxylic acids is 1. The van der Waals surface area contributed by atoms with Crippen molar-refractivity contribution in [2.45, 2.75) is 83.3 Å². The van der Waals surface area contributed by atoms with Crippen molar-refractivity contribution >= 4 is 12.1 Å². The zero-order chi connectivity index (χ0) is 18.2. The molecule has 7 heteroatoms. The fourth-order valence-corrected chi connectivity index (χ4v) is 3.80. The van der Waals surface area contributed by atoms with Gasteiger partial charge >= 0.3 is 12.1 Å². The van der Waals surface area contributed by atoms with Gasteiger partial charge < -0.3 is 14.7 Å². The Hall–Kier alpha value is -1.40. The maximum absolute atomic E-state index is 13.6. The lowest BCUT2D eigenvalue weighted by molar-refractivity contribution is -0.165. The largest absolute Gasteiger partial charge is 0.481 e. The predicted octanol–water partition coefficient (Wildman–Crippen LogP) is 4.06. The third-order valence-corrected chi connectivity index (χ3v) is 5.07. The van der Waals surface area contributed by atoms with Crippen LogP contribution in [0.3, 0.4) is 0 Å². The first kappa shape index (κ1) is 18.9. The molecule has 0 aromatic carbocycles. The van der Waals surface area contributed by atoms with Gasteiger partial charge in [0.15, 0.2) is 0 Å². The van der Waals surface area contributed by atoms with E-state index in [-0.39, 0.29) is 12.8 Å². The zero-order valence-electron chi connectivity index (χ0n) is 14.6. The second kappa shape index (κ2) is 6.48. The molecule has 1 heterocycles. The quantitative estimate of drug-likeness (QED) is 0.818. The Morgan fingerprint density at radius 3 is 2.21 bits per heavy atom. The van der Waals surface area contributed by atoms with Crippen molar-refractivity contribution in [1.29, 1.82) is 0 Å². The molecule has 0 bridgehead atoms. The van der Waals surface area contributed by atoms with Gasteiger partial charge in [0.25, 0.3) is 0 Å². The molecule has 1 aliphatic carbocycles. The van der Waals surface area contributed by atoms with Gasteiger partial charge in [0.1, 0.15) is 5.60 Å². The van der Waals surface area contributed by atoms with E-state index in [0.717, 1.165) is 12.8 Å². The summed E-state index contributed by atoms with van der Waals surface area (Å²) in [5, 5.41) is 9.82. The number of hydrogen-bond donors (Lipinski definition) is 1. The highest BCUT2D eigenvalue weighted by atomic mass is 19.3. The molecule has 1 saturated carbocycles. The number of carbonyl (C=O) groups is 2. The normalized spacial score (nSPS) is 26.7. The maximum atomic E-state index is 13.6. The van der Waals surface area contributed by atoms with Gasteiger partial charge in [-0.25, -0.2) is 13.6 Å². The molecule has 1 aliphatic heterocycles. The first-order chi connectivity index (χ1) is 11.0. The molecule has 138 valence electrons. The first-order valence-corrected chi connectivity index (χ1v) is 8.58. The predicted molar refractivity (Wildman–Crippen MR) is 84.1 cm³/mol. The number of carboxylic acids is 1. The Morgan fingerprint density at radius 1 is 1.12 bits per heavy atom. The Balaban J connectivity index is 2.26. The van der Waals surface area contributed by atoms with E-state index in [4.69, 9.17) is 4.74 Å². The van der Waals surface area contributed by atoms with E-state index in [9.17, 15) is 23.5 Å². The zero-order valence-corrected chi connectivity index (χ0v) is 14.6. The molecule has 1 amide bonds. The summed E-state index contributed by atoms with van der Waals surface area (Å²) in [6.07, 6.45) is 0.396. The van der Waals surface area contributed by atoms with Gasteiger partial charge in [-0.3, -0.25) is 4.79 Å². The summed E-state index contributed by atoms with van der Waals surface area (Å²) in [4.78, 5) is 26.0. The molecule has 24 heavy (non-hydrogen) atoms. The Kier molecular flexibility index (Phi) is 5.11. The van der Waals surface area contributed by atoms with Gasteiger partial charge in [-0.2, -0.15) is 0 Å². The standard InChI is InChI=1S/C17H27F2NO4/c1-15(2,3)24-14(23)20-11-5-4-6-12(20)16(13(21)22)7-9-17(18,19)10-8-16/h12H,4-11H2,1-3H3,(H,21,22).